The van der Waals surface area contributed by atoms with Crippen molar-refractivity contribution >= 4 is 39.0 Å². The number of nitrogens with one attached hydrogen (secondary N) is 1. The number of hydrogen-bond donors (Lipinski definition) is 2. The zero-order valence-corrected chi connectivity index (χ0v) is 14.6. The third kappa shape index (κ3) is 3.26. The number of H-pyrrole nitrogens is 1. The maximum absolute atomic E-state index is 12.4. The minimum atomic E-state index is -0.131. The first kappa shape index (κ1) is 15.8. The molecule has 0 bridgehead atoms. The first-order valence-corrected chi connectivity index (χ1v) is 8.77. The van der Waals surface area contributed by atoms with Crippen LogP contribution in [0.1, 0.15) is 11.4 Å². The summed E-state index contributed by atoms with van der Waals surface area (Å²) >= 11 is 7.30. The van der Waals surface area contributed by atoms with Crippen molar-refractivity contribution in [1.82, 2.24) is 15.0 Å². The lowest BCUT2D eigenvalue weighted by Gasteiger charge is -2.01. The molecule has 0 aliphatic rings. The second-order valence-electron chi connectivity index (χ2n) is 5.61. The number of pyridine rings is 1. The monoisotopic (exact) mass is 368 g/mol. The molecule has 0 spiro atoms. The fourth-order valence-corrected chi connectivity index (χ4v) is 3.67. The Morgan fingerprint density at radius 3 is 2.68 bits per heavy atom. The van der Waals surface area contributed by atoms with Crippen molar-refractivity contribution in [2.45, 2.75) is 6.42 Å². The molecular formula is C18H13ClN4OS. The summed E-state index contributed by atoms with van der Waals surface area (Å²) in [5, 5.41) is 0.681. The first-order chi connectivity index (χ1) is 12.1. The molecule has 7 heteroatoms. The van der Waals surface area contributed by atoms with Crippen LogP contribution < -0.4 is 11.3 Å². The zero-order chi connectivity index (χ0) is 17.4. The van der Waals surface area contributed by atoms with Gasteiger partial charge in [0.15, 0.2) is 0 Å². The number of hydrogen-bond acceptors (Lipinski definition) is 5. The molecule has 25 heavy (non-hydrogen) atoms. The van der Waals surface area contributed by atoms with Crippen molar-refractivity contribution in [2.75, 3.05) is 5.73 Å². The number of aromatic nitrogens is 3. The SMILES string of the molecule is Nc1ccc(-c2cc3nc(Cc4ccc(Cl)cc4)[nH]c(=O)c3s2)cn1. The summed E-state index contributed by atoms with van der Waals surface area (Å²) < 4.78 is 0.603. The number of nitrogen functional groups attached to an aromatic ring is 1. The van der Waals surface area contributed by atoms with E-state index in [1.54, 1.807) is 12.3 Å². The number of thiophene rings is 1. The van der Waals surface area contributed by atoms with Gasteiger partial charge in [-0.25, -0.2) is 9.97 Å². The lowest BCUT2D eigenvalue weighted by Crippen LogP contribution is -2.10. The Kier molecular flexibility index (Phi) is 3.99. The van der Waals surface area contributed by atoms with Crippen molar-refractivity contribution in [3.63, 3.8) is 0 Å². The number of rotatable bonds is 3. The Morgan fingerprint density at radius 1 is 1.16 bits per heavy atom. The van der Waals surface area contributed by atoms with E-state index in [1.165, 1.54) is 11.3 Å². The number of nitrogens with zero attached hydrogens (tertiary/aromatic N) is 2. The molecule has 0 radical (unpaired) electrons. The van der Waals surface area contributed by atoms with E-state index in [-0.39, 0.29) is 5.56 Å². The van der Waals surface area contributed by atoms with Gasteiger partial charge < -0.3 is 10.7 Å². The molecule has 0 unspecified atom stereocenters. The largest absolute Gasteiger partial charge is 0.384 e. The van der Waals surface area contributed by atoms with Gasteiger partial charge in [0.1, 0.15) is 16.3 Å². The zero-order valence-electron chi connectivity index (χ0n) is 13.0. The molecule has 3 aromatic heterocycles. The number of anilines is 1. The van der Waals surface area contributed by atoms with E-state index in [4.69, 9.17) is 17.3 Å². The second-order valence-corrected chi connectivity index (χ2v) is 7.10. The summed E-state index contributed by atoms with van der Waals surface area (Å²) in [7, 11) is 0. The molecule has 0 fully saturated rings. The van der Waals surface area contributed by atoms with Gasteiger partial charge in [-0.05, 0) is 35.9 Å². The minimum absolute atomic E-state index is 0.131. The number of halogens is 1. The van der Waals surface area contributed by atoms with Gasteiger partial charge in [-0.1, -0.05) is 23.7 Å². The molecule has 3 N–H and O–H groups in total. The van der Waals surface area contributed by atoms with Gasteiger partial charge in [-0.15, -0.1) is 11.3 Å². The van der Waals surface area contributed by atoms with Crippen LogP contribution in [-0.4, -0.2) is 15.0 Å². The fourth-order valence-electron chi connectivity index (χ4n) is 2.56. The molecule has 3 heterocycles. The molecule has 1 aromatic carbocycles. The van der Waals surface area contributed by atoms with E-state index in [0.717, 1.165) is 16.0 Å². The molecule has 0 saturated carbocycles. The maximum atomic E-state index is 12.4. The standard InChI is InChI=1S/C18H13ClN4OS/c19-12-4-1-10(2-5-12)7-16-22-13-8-14(25-17(13)18(24)23-16)11-3-6-15(20)21-9-11/h1-6,8-9H,7H2,(H2,20,21)(H,22,23,24). The van der Waals surface area contributed by atoms with Crippen molar-refractivity contribution < 1.29 is 0 Å². The van der Waals surface area contributed by atoms with E-state index in [0.29, 0.717) is 33.3 Å². The normalized spacial score (nSPS) is 11.1. The quantitative estimate of drug-likeness (QED) is 0.574. The van der Waals surface area contributed by atoms with Gasteiger partial charge in [0.05, 0.1) is 5.52 Å². The first-order valence-electron chi connectivity index (χ1n) is 7.57. The molecule has 0 atom stereocenters. The summed E-state index contributed by atoms with van der Waals surface area (Å²) in [4.78, 5) is 24.9. The Morgan fingerprint density at radius 2 is 1.96 bits per heavy atom. The van der Waals surface area contributed by atoms with Crippen LogP contribution in [-0.2, 0) is 6.42 Å². The molecule has 0 aliphatic carbocycles. The lowest BCUT2D eigenvalue weighted by atomic mass is 10.1. The van der Waals surface area contributed by atoms with Crippen LogP contribution in [0.25, 0.3) is 20.7 Å². The topological polar surface area (TPSA) is 84.7 Å². The summed E-state index contributed by atoms with van der Waals surface area (Å²) in [6.45, 7) is 0. The van der Waals surface area contributed by atoms with Crippen LogP contribution in [0.3, 0.4) is 0 Å². The van der Waals surface area contributed by atoms with E-state index in [1.807, 2.05) is 36.4 Å². The third-order valence-electron chi connectivity index (χ3n) is 3.79. The average Bonchev–Trinajstić information content (AvgIpc) is 3.02. The van der Waals surface area contributed by atoms with Crippen LogP contribution in [0.15, 0.2) is 53.5 Å². The molecule has 0 saturated heterocycles. The highest BCUT2D eigenvalue weighted by atomic mass is 35.5. The summed E-state index contributed by atoms with van der Waals surface area (Å²) in [5.41, 5.74) is 8.12. The highest BCUT2D eigenvalue weighted by molar-refractivity contribution is 7.22. The average molecular weight is 369 g/mol. The van der Waals surface area contributed by atoms with Crippen LogP contribution in [0.2, 0.25) is 5.02 Å². The Hall–Kier alpha value is -2.70. The van der Waals surface area contributed by atoms with Crippen LogP contribution in [0.5, 0.6) is 0 Å². The van der Waals surface area contributed by atoms with Crippen molar-refractivity contribution in [3.8, 4) is 10.4 Å². The molecule has 0 aliphatic heterocycles. The van der Waals surface area contributed by atoms with Crippen molar-refractivity contribution in [3.05, 3.63) is 75.4 Å². The van der Waals surface area contributed by atoms with Crippen molar-refractivity contribution in [1.29, 1.82) is 0 Å². The smallest absolute Gasteiger partial charge is 0.268 e. The molecule has 4 aromatic rings. The number of aromatic amines is 1. The Labute approximate surface area is 152 Å². The van der Waals surface area contributed by atoms with Crippen molar-refractivity contribution in [2.24, 2.45) is 0 Å². The third-order valence-corrected chi connectivity index (χ3v) is 5.21. The Bertz CT molecular complexity index is 1100. The van der Waals surface area contributed by atoms with Gasteiger partial charge in [-0.2, -0.15) is 0 Å². The minimum Gasteiger partial charge on any atom is -0.384 e. The molecule has 4 rings (SSSR count). The Balaban J connectivity index is 1.72. The summed E-state index contributed by atoms with van der Waals surface area (Å²) in [6, 6.07) is 13.0. The molecule has 0 amide bonds. The molecular weight excluding hydrogens is 356 g/mol. The number of fused-ring (bicyclic) bond motifs is 1. The van der Waals surface area contributed by atoms with Crippen LogP contribution >= 0.6 is 22.9 Å². The molecule has 5 nitrogen and oxygen atoms in total. The number of benzene rings is 1. The van der Waals surface area contributed by atoms with E-state index < -0.39 is 0 Å². The number of nitrogens with two attached hydrogens (primary N) is 1. The predicted molar refractivity (Wildman–Crippen MR) is 102 cm³/mol. The van der Waals surface area contributed by atoms with E-state index in [2.05, 4.69) is 15.0 Å². The lowest BCUT2D eigenvalue weighted by molar-refractivity contribution is 0.976. The fraction of sp³-hybridized carbons (Fsp3) is 0.0556. The second kappa shape index (κ2) is 6.31. The highest BCUT2D eigenvalue weighted by Crippen LogP contribution is 2.30. The highest BCUT2D eigenvalue weighted by Gasteiger charge is 2.11. The van der Waals surface area contributed by atoms with Gasteiger partial charge in [0, 0.05) is 28.1 Å². The van der Waals surface area contributed by atoms with Crippen LogP contribution in [0, 0.1) is 0 Å². The predicted octanol–water partition coefficient (Wildman–Crippen LogP) is 3.87. The van der Waals surface area contributed by atoms with E-state index >= 15 is 0 Å². The van der Waals surface area contributed by atoms with E-state index in [9.17, 15) is 4.79 Å². The van der Waals surface area contributed by atoms with Gasteiger partial charge in [0.25, 0.3) is 5.56 Å². The summed E-state index contributed by atoms with van der Waals surface area (Å²) in [5.74, 6) is 1.09. The van der Waals surface area contributed by atoms with Crippen LogP contribution in [0.4, 0.5) is 5.82 Å². The summed E-state index contributed by atoms with van der Waals surface area (Å²) in [6.07, 6.45) is 2.24. The van der Waals surface area contributed by atoms with Gasteiger partial charge in [-0.3, -0.25) is 4.79 Å². The van der Waals surface area contributed by atoms with Gasteiger partial charge >= 0.3 is 0 Å². The maximum Gasteiger partial charge on any atom is 0.268 e. The molecule has 124 valence electrons. The van der Waals surface area contributed by atoms with Gasteiger partial charge in [0.2, 0.25) is 0 Å².